The first kappa shape index (κ1) is 27.5. The van der Waals surface area contributed by atoms with Gasteiger partial charge in [0.05, 0.1) is 35.4 Å². The van der Waals surface area contributed by atoms with Gasteiger partial charge in [-0.25, -0.2) is 14.6 Å². The lowest BCUT2D eigenvalue weighted by Crippen LogP contribution is -2.23. The number of amides is 1. The Morgan fingerprint density at radius 2 is 1.69 bits per heavy atom. The molecule has 0 aromatic heterocycles. The van der Waals surface area contributed by atoms with E-state index < -0.39 is 11.9 Å². The third kappa shape index (κ3) is 6.66. The van der Waals surface area contributed by atoms with Crippen LogP contribution >= 0.6 is 11.8 Å². The summed E-state index contributed by atoms with van der Waals surface area (Å²) in [6, 6.07) is 18.5. The predicted octanol–water partition coefficient (Wildman–Crippen LogP) is 5.38. The molecule has 1 aliphatic rings. The lowest BCUT2D eigenvalue weighted by atomic mass is 10.1. The van der Waals surface area contributed by atoms with Crippen LogP contribution in [0.1, 0.15) is 38.8 Å². The summed E-state index contributed by atoms with van der Waals surface area (Å²) in [6.45, 7) is 2.28. The van der Waals surface area contributed by atoms with Gasteiger partial charge in [0, 0.05) is 7.05 Å². The summed E-state index contributed by atoms with van der Waals surface area (Å²) < 4.78 is 16.4. The summed E-state index contributed by atoms with van der Waals surface area (Å²) in [5.74, 6) is -0.567. The number of ether oxygens (including phenoxy) is 3. The number of likely N-dealkylation sites (N-methyl/N-ethyl adjacent to an activating group) is 1. The zero-order valence-electron chi connectivity index (χ0n) is 21.5. The smallest absolute Gasteiger partial charge is 0.338 e. The minimum atomic E-state index is -0.984. The van der Waals surface area contributed by atoms with Crippen LogP contribution in [-0.4, -0.2) is 53.8 Å². The monoisotopic (exact) mass is 546 g/mol. The molecule has 1 aliphatic heterocycles. The maximum Gasteiger partial charge on any atom is 0.338 e. The first-order valence-electron chi connectivity index (χ1n) is 12.0. The summed E-state index contributed by atoms with van der Waals surface area (Å²) in [5, 5.41) is 9.54. The number of carboxylic acids is 1. The van der Waals surface area contributed by atoms with Crippen molar-refractivity contribution in [1.29, 1.82) is 0 Å². The molecule has 0 spiro atoms. The van der Waals surface area contributed by atoms with Crippen LogP contribution in [0.3, 0.4) is 0 Å². The van der Waals surface area contributed by atoms with Crippen LogP contribution in [-0.2, 0) is 16.1 Å². The molecule has 200 valence electrons. The van der Waals surface area contributed by atoms with Gasteiger partial charge in [0.15, 0.2) is 16.7 Å². The summed E-state index contributed by atoms with van der Waals surface area (Å²) in [7, 11) is 3.19. The highest BCUT2D eigenvalue weighted by atomic mass is 32.2. The van der Waals surface area contributed by atoms with Gasteiger partial charge < -0.3 is 19.3 Å². The number of hydrogen-bond donors (Lipinski definition) is 1. The molecular weight excluding hydrogens is 520 g/mol. The topological polar surface area (TPSA) is 115 Å². The van der Waals surface area contributed by atoms with E-state index in [9.17, 15) is 14.4 Å². The van der Waals surface area contributed by atoms with Crippen LogP contribution in [0.5, 0.6) is 11.5 Å². The molecule has 10 heteroatoms. The average Bonchev–Trinajstić information content (AvgIpc) is 3.20. The van der Waals surface area contributed by atoms with Gasteiger partial charge in [-0.2, -0.15) is 0 Å². The van der Waals surface area contributed by atoms with E-state index in [4.69, 9.17) is 19.3 Å². The van der Waals surface area contributed by atoms with Crippen LogP contribution in [0.15, 0.2) is 76.6 Å². The molecule has 0 unspecified atom stereocenters. The van der Waals surface area contributed by atoms with Crippen molar-refractivity contribution in [1.82, 2.24) is 4.90 Å². The molecule has 1 saturated heterocycles. The van der Waals surface area contributed by atoms with Gasteiger partial charge in [0.25, 0.3) is 5.91 Å². The second kappa shape index (κ2) is 12.3. The summed E-state index contributed by atoms with van der Waals surface area (Å²) in [5.41, 5.74) is 2.80. The number of rotatable bonds is 9. The van der Waals surface area contributed by atoms with Gasteiger partial charge >= 0.3 is 11.9 Å². The van der Waals surface area contributed by atoms with Crippen LogP contribution in [0.25, 0.3) is 6.08 Å². The van der Waals surface area contributed by atoms with Gasteiger partial charge in [-0.15, -0.1) is 0 Å². The lowest BCUT2D eigenvalue weighted by Gasteiger charge is -2.12. The van der Waals surface area contributed by atoms with Crippen LogP contribution in [0, 0.1) is 0 Å². The minimum Gasteiger partial charge on any atom is -0.493 e. The molecule has 0 atom stereocenters. The normalized spacial score (nSPS) is 15.1. The standard InChI is InChI=1S/C29H26N2O7S/c1-4-37-28(35)21-10-12-22(13-11-21)30-29-31(2)26(32)25(39-29)16-19-7-14-23(24(15-19)36-3)38-17-18-5-8-20(9-6-18)27(33)34/h5-16H,4,17H2,1-3H3,(H,33,34)/b25-16-,30-29?. The van der Waals surface area contributed by atoms with E-state index in [1.165, 1.54) is 35.9 Å². The highest BCUT2D eigenvalue weighted by Gasteiger charge is 2.30. The number of thioether (sulfide) groups is 1. The van der Waals surface area contributed by atoms with Crippen molar-refractivity contribution in [3.63, 3.8) is 0 Å². The number of benzene rings is 3. The average molecular weight is 547 g/mol. The number of aliphatic imine (C=N–C) groups is 1. The second-order valence-electron chi connectivity index (χ2n) is 8.34. The van der Waals surface area contributed by atoms with Gasteiger partial charge in [0.1, 0.15) is 6.61 Å². The Labute approximate surface area is 229 Å². The van der Waals surface area contributed by atoms with E-state index in [0.717, 1.165) is 11.1 Å². The Bertz CT molecular complexity index is 1450. The number of carbonyl (C=O) groups excluding carboxylic acids is 2. The van der Waals surface area contributed by atoms with Gasteiger partial charge in [-0.1, -0.05) is 18.2 Å². The van der Waals surface area contributed by atoms with E-state index in [-0.39, 0.29) is 18.1 Å². The third-order valence-electron chi connectivity index (χ3n) is 5.69. The molecule has 0 radical (unpaired) electrons. The number of amidine groups is 1. The fraction of sp³-hybridized carbons (Fsp3) is 0.172. The zero-order chi connectivity index (χ0) is 27.9. The number of nitrogens with zero attached hydrogens (tertiary/aromatic N) is 2. The fourth-order valence-corrected chi connectivity index (χ4v) is 4.58. The Kier molecular flexibility index (Phi) is 8.67. The third-order valence-corrected chi connectivity index (χ3v) is 6.75. The predicted molar refractivity (Wildman–Crippen MR) is 149 cm³/mol. The van der Waals surface area contributed by atoms with E-state index in [0.29, 0.717) is 39.4 Å². The van der Waals surface area contributed by atoms with Crippen LogP contribution < -0.4 is 9.47 Å². The number of hydrogen-bond acceptors (Lipinski definition) is 8. The van der Waals surface area contributed by atoms with E-state index in [2.05, 4.69) is 4.99 Å². The number of carboxylic acid groups (broad SMARTS) is 1. The van der Waals surface area contributed by atoms with Gasteiger partial charge in [-0.05, 0) is 84.4 Å². The minimum absolute atomic E-state index is 0.189. The van der Waals surface area contributed by atoms with Gasteiger partial charge in [-0.3, -0.25) is 9.69 Å². The molecule has 1 amide bonds. The van der Waals surface area contributed by atoms with Crippen molar-refractivity contribution < 1.29 is 33.7 Å². The summed E-state index contributed by atoms with van der Waals surface area (Å²) in [6.07, 6.45) is 1.76. The first-order chi connectivity index (χ1) is 18.8. The van der Waals surface area contributed by atoms with E-state index >= 15 is 0 Å². The highest BCUT2D eigenvalue weighted by Crippen LogP contribution is 2.35. The zero-order valence-corrected chi connectivity index (χ0v) is 22.4. The number of carbonyl (C=O) groups is 3. The Morgan fingerprint density at radius 1 is 1.00 bits per heavy atom. The molecule has 0 bridgehead atoms. The molecule has 0 aliphatic carbocycles. The van der Waals surface area contributed by atoms with Crippen LogP contribution in [0.4, 0.5) is 5.69 Å². The largest absolute Gasteiger partial charge is 0.493 e. The van der Waals surface area contributed by atoms with Crippen molar-refractivity contribution in [2.75, 3.05) is 20.8 Å². The quantitative estimate of drug-likeness (QED) is 0.281. The molecule has 0 saturated carbocycles. The van der Waals surface area contributed by atoms with Crippen molar-refractivity contribution in [3.8, 4) is 11.5 Å². The number of aromatic carboxylic acids is 1. The fourth-order valence-electron chi connectivity index (χ4n) is 3.60. The summed E-state index contributed by atoms with van der Waals surface area (Å²) >= 11 is 1.25. The highest BCUT2D eigenvalue weighted by molar-refractivity contribution is 8.18. The van der Waals surface area contributed by atoms with Crippen molar-refractivity contribution in [2.45, 2.75) is 13.5 Å². The Balaban J connectivity index is 1.46. The molecule has 9 nitrogen and oxygen atoms in total. The maximum absolute atomic E-state index is 12.9. The molecule has 1 heterocycles. The van der Waals surface area contributed by atoms with Crippen molar-refractivity contribution >= 4 is 46.5 Å². The van der Waals surface area contributed by atoms with E-state index in [1.807, 2.05) is 6.07 Å². The summed E-state index contributed by atoms with van der Waals surface area (Å²) in [4.78, 5) is 42.3. The van der Waals surface area contributed by atoms with Crippen LogP contribution in [0.2, 0.25) is 0 Å². The van der Waals surface area contributed by atoms with Crippen molar-refractivity contribution in [3.05, 3.63) is 93.9 Å². The second-order valence-corrected chi connectivity index (χ2v) is 9.35. The molecule has 4 rings (SSSR count). The van der Waals surface area contributed by atoms with Crippen molar-refractivity contribution in [2.24, 2.45) is 4.99 Å². The Morgan fingerprint density at radius 3 is 2.33 bits per heavy atom. The molecule has 39 heavy (non-hydrogen) atoms. The number of esters is 1. The first-order valence-corrected chi connectivity index (χ1v) is 12.8. The maximum atomic E-state index is 12.9. The SMILES string of the molecule is CCOC(=O)c1ccc(N=C2S/C(=C\c3ccc(OCc4ccc(C(=O)O)cc4)c(OC)c3)C(=O)N2C)cc1. The lowest BCUT2D eigenvalue weighted by molar-refractivity contribution is -0.121. The number of methoxy groups -OCH3 is 1. The molecule has 1 N–H and O–H groups in total. The Hall–Kier alpha value is -4.57. The molecule has 1 fully saturated rings. The molecule has 3 aromatic carbocycles. The molecule has 3 aromatic rings. The van der Waals surface area contributed by atoms with E-state index in [1.54, 1.807) is 68.6 Å². The van der Waals surface area contributed by atoms with Gasteiger partial charge in [0.2, 0.25) is 0 Å². The molecular formula is C29H26N2O7S.